The van der Waals surface area contributed by atoms with Crippen molar-refractivity contribution in [3.05, 3.63) is 29.1 Å². The number of ether oxygens (including phenoxy) is 1. The standard InChI is InChI=1S/C13H18FNO3/c1-7(2)12-9(14)4-8(6-11(12)18-3)5-10(15)13(16)17/h4,6-7,10H,5,15H2,1-3H3,(H,16,17). The molecule has 0 fully saturated rings. The first-order valence-electron chi connectivity index (χ1n) is 5.71. The molecule has 0 saturated heterocycles. The van der Waals surface area contributed by atoms with E-state index in [2.05, 4.69) is 0 Å². The van der Waals surface area contributed by atoms with Gasteiger partial charge in [-0.15, -0.1) is 0 Å². The van der Waals surface area contributed by atoms with Crippen molar-refractivity contribution in [1.29, 1.82) is 0 Å². The number of benzene rings is 1. The number of hydrogen-bond acceptors (Lipinski definition) is 3. The molecule has 100 valence electrons. The number of halogens is 1. The average molecular weight is 255 g/mol. The highest BCUT2D eigenvalue weighted by molar-refractivity contribution is 5.73. The van der Waals surface area contributed by atoms with Crippen LogP contribution < -0.4 is 10.5 Å². The summed E-state index contributed by atoms with van der Waals surface area (Å²) in [6.07, 6.45) is 0.0704. The highest BCUT2D eigenvalue weighted by atomic mass is 19.1. The summed E-state index contributed by atoms with van der Waals surface area (Å²) in [7, 11) is 1.46. The van der Waals surface area contributed by atoms with Gasteiger partial charge in [-0.05, 0) is 30.0 Å². The molecule has 18 heavy (non-hydrogen) atoms. The maximum Gasteiger partial charge on any atom is 0.320 e. The number of methoxy groups -OCH3 is 1. The van der Waals surface area contributed by atoms with Gasteiger partial charge in [0.25, 0.3) is 0 Å². The Morgan fingerprint density at radius 3 is 2.56 bits per heavy atom. The van der Waals surface area contributed by atoms with Crippen LogP contribution in [-0.4, -0.2) is 24.2 Å². The lowest BCUT2D eigenvalue weighted by Crippen LogP contribution is -2.32. The Kier molecular flexibility index (Phi) is 4.67. The van der Waals surface area contributed by atoms with Crippen molar-refractivity contribution in [2.75, 3.05) is 7.11 Å². The summed E-state index contributed by atoms with van der Waals surface area (Å²) in [6, 6.07) is 1.92. The molecular formula is C13H18FNO3. The number of carboxylic acid groups (broad SMARTS) is 1. The zero-order valence-electron chi connectivity index (χ0n) is 10.7. The quantitative estimate of drug-likeness (QED) is 0.843. The molecule has 0 aliphatic heterocycles. The van der Waals surface area contributed by atoms with Gasteiger partial charge in [-0.2, -0.15) is 0 Å². The Labute approximate surface area is 106 Å². The zero-order chi connectivity index (χ0) is 13.9. The van der Waals surface area contributed by atoms with E-state index < -0.39 is 17.8 Å². The van der Waals surface area contributed by atoms with E-state index in [4.69, 9.17) is 15.6 Å². The van der Waals surface area contributed by atoms with Crippen LogP contribution >= 0.6 is 0 Å². The van der Waals surface area contributed by atoms with Crippen LogP contribution in [0.5, 0.6) is 5.75 Å². The van der Waals surface area contributed by atoms with Crippen molar-refractivity contribution in [2.45, 2.75) is 32.2 Å². The van der Waals surface area contributed by atoms with Crippen molar-refractivity contribution < 1.29 is 19.0 Å². The lowest BCUT2D eigenvalue weighted by Gasteiger charge is -2.15. The van der Waals surface area contributed by atoms with Gasteiger partial charge in [0.05, 0.1) is 7.11 Å². The molecule has 0 saturated carbocycles. The summed E-state index contributed by atoms with van der Waals surface area (Å²) < 4.78 is 19.1. The lowest BCUT2D eigenvalue weighted by atomic mass is 9.97. The number of carboxylic acids is 1. The van der Waals surface area contributed by atoms with Crippen molar-refractivity contribution >= 4 is 5.97 Å². The predicted octanol–water partition coefficient (Wildman–Crippen LogP) is 1.91. The SMILES string of the molecule is COc1cc(CC(N)C(=O)O)cc(F)c1C(C)C. The highest BCUT2D eigenvalue weighted by Gasteiger charge is 2.18. The molecule has 4 nitrogen and oxygen atoms in total. The maximum absolute atomic E-state index is 13.9. The summed E-state index contributed by atoms with van der Waals surface area (Å²) in [5.41, 5.74) is 6.43. The lowest BCUT2D eigenvalue weighted by molar-refractivity contribution is -0.138. The van der Waals surface area contributed by atoms with Crippen molar-refractivity contribution in [3.8, 4) is 5.75 Å². The van der Waals surface area contributed by atoms with Crippen LogP contribution in [0.25, 0.3) is 0 Å². The summed E-state index contributed by atoms with van der Waals surface area (Å²) in [4.78, 5) is 10.7. The minimum atomic E-state index is -1.11. The van der Waals surface area contributed by atoms with Gasteiger partial charge in [-0.3, -0.25) is 4.79 Å². The number of hydrogen-bond donors (Lipinski definition) is 2. The summed E-state index contributed by atoms with van der Waals surface area (Å²) in [5.74, 6) is -1.08. The van der Waals surface area contributed by atoms with Gasteiger partial charge >= 0.3 is 5.97 Å². The van der Waals surface area contributed by atoms with Crippen LogP contribution in [0.15, 0.2) is 12.1 Å². The first kappa shape index (κ1) is 14.4. The van der Waals surface area contributed by atoms with E-state index in [1.54, 1.807) is 6.07 Å². The molecule has 1 rings (SSSR count). The van der Waals surface area contributed by atoms with E-state index in [0.717, 1.165) is 0 Å². The van der Waals surface area contributed by atoms with Crippen molar-refractivity contribution in [3.63, 3.8) is 0 Å². The normalized spacial score (nSPS) is 12.6. The smallest absolute Gasteiger partial charge is 0.320 e. The molecule has 5 heteroatoms. The molecule has 0 amide bonds. The third-order valence-corrected chi connectivity index (χ3v) is 2.72. The van der Waals surface area contributed by atoms with Crippen LogP contribution in [0, 0.1) is 5.82 Å². The number of nitrogens with two attached hydrogens (primary N) is 1. The first-order chi connectivity index (χ1) is 8.36. The molecule has 1 atom stereocenters. The Morgan fingerprint density at radius 2 is 2.11 bits per heavy atom. The zero-order valence-corrected chi connectivity index (χ0v) is 10.7. The minimum Gasteiger partial charge on any atom is -0.496 e. The molecule has 1 unspecified atom stereocenters. The van der Waals surface area contributed by atoms with E-state index in [9.17, 15) is 9.18 Å². The minimum absolute atomic E-state index is 0.0119. The molecular weight excluding hydrogens is 237 g/mol. The average Bonchev–Trinajstić information content (AvgIpc) is 2.27. The Morgan fingerprint density at radius 1 is 1.50 bits per heavy atom. The molecule has 0 radical (unpaired) electrons. The number of carbonyl (C=O) groups is 1. The van der Waals surface area contributed by atoms with Crippen molar-refractivity contribution in [1.82, 2.24) is 0 Å². The second-order valence-corrected chi connectivity index (χ2v) is 4.50. The monoisotopic (exact) mass is 255 g/mol. The van der Waals surface area contributed by atoms with Crippen LogP contribution in [-0.2, 0) is 11.2 Å². The highest BCUT2D eigenvalue weighted by Crippen LogP contribution is 2.30. The Bertz CT molecular complexity index is 446. The van der Waals surface area contributed by atoms with Crippen LogP contribution in [0.4, 0.5) is 4.39 Å². The Hall–Kier alpha value is -1.62. The van der Waals surface area contributed by atoms with Crippen molar-refractivity contribution in [2.24, 2.45) is 5.73 Å². The number of aliphatic carboxylic acids is 1. The van der Waals surface area contributed by atoms with E-state index in [0.29, 0.717) is 16.9 Å². The van der Waals surface area contributed by atoms with Gasteiger partial charge in [-0.1, -0.05) is 13.8 Å². The molecule has 0 spiro atoms. The third-order valence-electron chi connectivity index (χ3n) is 2.72. The maximum atomic E-state index is 13.9. The molecule has 0 bridgehead atoms. The summed E-state index contributed by atoms with van der Waals surface area (Å²) >= 11 is 0. The van der Waals surface area contributed by atoms with Gasteiger partial charge in [-0.25, -0.2) is 4.39 Å². The fraction of sp³-hybridized carbons (Fsp3) is 0.462. The molecule has 1 aromatic rings. The predicted molar refractivity (Wildman–Crippen MR) is 66.4 cm³/mol. The van der Waals surface area contributed by atoms with Crippen LogP contribution in [0.2, 0.25) is 0 Å². The first-order valence-corrected chi connectivity index (χ1v) is 5.71. The molecule has 0 heterocycles. The summed E-state index contributed by atoms with van der Waals surface area (Å²) in [5, 5.41) is 8.73. The molecule has 3 N–H and O–H groups in total. The molecule has 1 aromatic carbocycles. The summed E-state index contributed by atoms with van der Waals surface area (Å²) in [6.45, 7) is 3.73. The van der Waals surface area contributed by atoms with Gasteiger partial charge in [0.1, 0.15) is 17.6 Å². The molecule has 0 aromatic heterocycles. The Balaban J connectivity index is 3.11. The number of rotatable bonds is 5. The van der Waals surface area contributed by atoms with Crippen LogP contribution in [0.1, 0.15) is 30.9 Å². The molecule has 0 aliphatic rings. The van der Waals surface area contributed by atoms with Gasteiger partial charge in [0, 0.05) is 5.56 Å². The van der Waals surface area contributed by atoms with Gasteiger partial charge < -0.3 is 15.6 Å². The van der Waals surface area contributed by atoms with E-state index >= 15 is 0 Å². The van der Waals surface area contributed by atoms with E-state index in [1.165, 1.54) is 13.2 Å². The second kappa shape index (κ2) is 5.82. The van der Waals surface area contributed by atoms with Gasteiger partial charge in [0.15, 0.2) is 0 Å². The van der Waals surface area contributed by atoms with E-state index in [-0.39, 0.29) is 12.3 Å². The van der Waals surface area contributed by atoms with Gasteiger partial charge in [0.2, 0.25) is 0 Å². The fourth-order valence-electron chi connectivity index (χ4n) is 1.83. The topological polar surface area (TPSA) is 72.5 Å². The van der Waals surface area contributed by atoms with Crippen LogP contribution in [0.3, 0.4) is 0 Å². The second-order valence-electron chi connectivity index (χ2n) is 4.50. The fourth-order valence-corrected chi connectivity index (χ4v) is 1.83. The third kappa shape index (κ3) is 3.20. The molecule has 0 aliphatic carbocycles. The van der Waals surface area contributed by atoms with E-state index in [1.807, 2.05) is 13.8 Å². The largest absolute Gasteiger partial charge is 0.496 e.